The summed E-state index contributed by atoms with van der Waals surface area (Å²) in [5.41, 5.74) is 8.44. The number of amides is 2. The Morgan fingerprint density at radius 1 is 1.05 bits per heavy atom. The maximum Gasteiger partial charge on any atom is 0.323 e. The molecule has 0 radical (unpaired) electrons. The van der Waals surface area contributed by atoms with E-state index in [2.05, 4.69) is 15.6 Å². The quantitative estimate of drug-likeness (QED) is 0.284. The molecule has 40 heavy (non-hydrogen) atoms. The second-order valence-corrected chi connectivity index (χ2v) is 9.78. The van der Waals surface area contributed by atoms with E-state index < -0.39 is 11.9 Å². The zero-order valence-corrected chi connectivity index (χ0v) is 23.0. The number of aryl methyl sites for hydroxylation is 2. The fourth-order valence-electron chi connectivity index (χ4n) is 4.35. The Labute approximate surface area is 232 Å². The smallest absolute Gasteiger partial charge is 0.323 e. The lowest BCUT2D eigenvalue weighted by atomic mass is 9.96. The van der Waals surface area contributed by atoms with Gasteiger partial charge in [0, 0.05) is 12.6 Å². The Balaban J connectivity index is 1.51. The summed E-state index contributed by atoms with van der Waals surface area (Å²) in [6.45, 7) is 7.00. The summed E-state index contributed by atoms with van der Waals surface area (Å²) >= 11 is 0. The number of aliphatic carboxylic acids is 1. The molecule has 10 heteroatoms. The van der Waals surface area contributed by atoms with E-state index in [0.29, 0.717) is 33.8 Å². The molecule has 1 unspecified atom stereocenters. The number of benzene rings is 3. The van der Waals surface area contributed by atoms with Crippen LogP contribution in [0.4, 0.5) is 11.4 Å². The number of likely N-dealkylation sites (N-methyl/N-ethyl adjacent to an activating group) is 1. The molecule has 0 saturated heterocycles. The number of carbonyl (C=O) groups is 3. The van der Waals surface area contributed by atoms with Gasteiger partial charge in [0.1, 0.15) is 12.3 Å². The van der Waals surface area contributed by atoms with Gasteiger partial charge in [0.25, 0.3) is 0 Å². The van der Waals surface area contributed by atoms with E-state index in [1.807, 2.05) is 32.0 Å². The van der Waals surface area contributed by atoms with E-state index in [0.717, 1.165) is 11.1 Å². The SMILES string of the molecule is CC1=NN(c2ccc(C)c(C)c2)C(=O)/C1=N\Nc1cccc(-c2ccc(C(C)C(=O)N(C)CC(=O)O)cc2)c1O. The van der Waals surface area contributed by atoms with Crippen LogP contribution in [-0.4, -0.2) is 57.9 Å². The van der Waals surface area contributed by atoms with Crippen molar-refractivity contribution < 1.29 is 24.6 Å². The summed E-state index contributed by atoms with van der Waals surface area (Å²) in [7, 11) is 1.45. The predicted molar refractivity (Wildman–Crippen MR) is 155 cm³/mol. The normalized spacial score (nSPS) is 14.7. The average Bonchev–Trinajstić information content (AvgIpc) is 3.21. The highest BCUT2D eigenvalue weighted by Crippen LogP contribution is 2.36. The van der Waals surface area contributed by atoms with Gasteiger partial charge >= 0.3 is 11.9 Å². The first-order valence-corrected chi connectivity index (χ1v) is 12.7. The molecule has 0 aromatic heterocycles. The van der Waals surface area contributed by atoms with E-state index in [-0.39, 0.29) is 29.8 Å². The largest absolute Gasteiger partial charge is 0.505 e. The number of carboxylic acids is 1. The third kappa shape index (κ3) is 5.70. The number of para-hydroxylation sites is 1. The van der Waals surface area contributed by atoms with Crippen LogP contribution >= 0.6 is 0 Å². The van der Waals surface area contributed by atoms with Crippen molar-refractivity contribution in [3.8, 4) is 16.9 Å². The van der Waals surface area contributed by atoms with Crippen LogP contribution in [0.15, 0.2) is 70.9 Å². The summed E-state index contributed by atoms with van der Waals surface area (Å²) < 4.78 is 0. The number of nitrogens with one attached hydrogen (secondary N) is 1. The molecular weight excluding hydrogens is 510 g/mol. The lowest BCUT2D eigenvalue weighted by Gasteiger charge is -2.20. The second-order valence-electron chi connectivity index (χ2n) is 9.78. The van der Waals surface area contributed by atoms with Gasteiger partial charge in [0.15, 0.2) is 5.71 Å². The fourth-order valence-corrected chi connectivity index (χ4v) is 4.35. The third-order valence-corrected chi connectivity index (χ3v) is 6.89. The minimum absolute atomic E-state index is 0.0593. The zero-order chi connectivity index (χ0) is 29.1. The first-order chi connectivity index (χ1) is 19.0. The number of aromatic hydroxyl groups is 1. The second kappa shape index (κ2) is 11.4. The Bertz CT molecular complexity index is 1540. The molecule has 1 heterocycles. The Hall–Kier alpha value is -4.99. The van der Waals surface area contributed by atoms with Gasteiger partial charge in [-0.2, -0.15) is 15.2 Å². The molecular formula is C30H31N5O5. The minimum atomic E-state index is -1.08. The summed E-state index contributed by atoms with van der Waals surface area (Å²) in [5.74, 6) is -2.35. The number of carboxylic acid groups (broad SMARTS) is 1. The summed E-state index contributed by atoms with van der Waals surface area (Å²) in [4.78, 5) is 37.7. The first-order valence-electron chi connectivity index (χ1n) is 12.7. The molecule has 0 spiro atoms. The predicted octanol–water partition coefficient (Wildman–Crippen LogP) is 4.51. The van der Waals surface area contributed by atoms with E-state index in [1.165, 1.54) is 17.0 Å². The van der Waals surface area contributed by atoms with Crippen LogP contribution in [0.25, 0.3) is 11.1 Å². The summed E-state index contributed by atoms with van der Waals surface area (Å²) in [6, 6.07) is 17.9. The maximum absolute atomic E-state index is 13.1. The molecule has 1 aliphatic heterocycles. The highest BCUT2D eigenvalue weighted by molar-refractivity contribution is 6.71. The highest BCUT2D eigenvalue weighted by Gasteiger charge is 2.31. The van der Waals surface area contributed by atoms with Gasteiger partial charge in [-0.15, -0.1) is 0 Å². The number of hydrogen-bond acceptors (Lipinski definition) is 7. The number of phenols is 1. The van der Waals surface area contributed by atoms with Gasteiger partial charge in [-0.25, -0.2) is 0 Å². The van der Waals surface area contributed by atoms with Crippen LogP contribution in [-0.2, 0) is 14.4 Å². The van der Waals surface area contributed by atoms with E-state index >= 15 is 0 Å². The number of hydrogen-bond donors (Lipinski definition) is 3. The molecule has 2 amide bonds. The topological polar surface area (TPSA) is 135 Å². The number of phenolic OH excluding ortho intramolecular Hbond substituents is 1. The number of rotatable bonds is 8. The van der Waals surface area contributed by atoms with E-state index in [1.54, 1.807) is 56.3 Å². The maximum atomic E-state index is 13.1. The molecule has 1 aliphatic rings. The summed E-state index contributed by atoms with van der Waals surface area (Å²) in [5, 5.41) is 29.9. The molecule has 3 aromatic rings. The van der Waals surface area contributed by atoms with Crippen molar-refractivity contribution in [3.63, 3.8) is 0 Å². The van der Waals surface area contributed by atoms with Gasteiger partial charge in [-0.3, -0.25) is 19.8 Å². The van der Waals surface area contributed by atoms with E-state index in [9.17, 15) is 19.5 Å². The molecule has 206 valence electrons. The standard InChI is InChI=1S/C30H31N5O5/c1-17-9-14-23(15-18(17)2)35-30(40)27(20(4)33-35)32-31-25-8-6-7-24(28(25)38)22-12-10-21(11-13-22)19(3)29(39)34(5)16-26(36)37/h6-15,19,31,38H,16H2,1-5H3,(H,36,37)/b32-27-. The van der Waals surface area contributed by atoms with Crippen molar-refractivity contribution >= 4 is 40.6 Å². The van der Waals surface area contributed by atoms with Gasteiger partial charge < -0.3 is 15.1 Å². The Morgan fingerprint density at radius 3 is 2.40 bits per heavy atom. The number of anilines is 2. The van der Waals surface area contributed by atoms with Crippen molar-refractivity contribution in [1.82, 2.24) is 4.90 Å². The van der Waals surface area contributed by atoms with Crippen LogP contribution in [0.1, 0.15) is 36.5 Å². The van der Waals surface area contributed by atoms with Crippen LogP contribution < -0.4 is 10.4 Å². The molecule has 0 bridgehead atoms. The average molecular weight is 542 g/mol. The highest BCUT2D eigenvalue weighted by atomic mass is 16.4. The molecule has 10 nitrogen and oxygen atoms in total. The monoisotopic (exact) mass is 541 g/mol. The third-order valence-electron chi connectivity index (χ3n) is 6.89. The lowest BCUT2D eigenvalue weighted by Crippen LogP contribution is -2.34. The number of hydrazone groups is 2. The van der Waals surface area contributed by atoms with Gasteiger partial charge in [-0.1, -0.05) is 42.5 Å². The molecule has 4 rings (SSSR count). The van der Waals surface area contributed by atoms with Gasteiger partial charge in [-0.05, 0) is 68.1 Å². The van der Waals surface area contributed by atoms with Crippen LogP contribution in [0.2, 0.25) is 0 Å². The first kappa shape index (κ1) is 28.0. The Morgan fingerprint density at radius 2 is 1.75 bits per heavy atom. The molecule has 3 N–H and O–H groups in total. The van der Waals surface area contributed by atoms with Crippen molar-refractivity contribution in [2.75, 3.05) is 24.0 Å². The molecule has 0 fully saturated rings. The van der Waals surface area contributed by atoms with Crippen molar-refractivity contribution in [1.29, 1.82) is 0 Å². The van der Waals surface area contributed by atoms with Crippen molar-refractivity contribution in [3.05, 3.63) is 77.4 Å². The van der Waals surface area contributed by atoms with Gasteiger partial charge in [0.05, 0.1) is 23.0 Å². The number of carbonyl (C=O) groups excluding carboxylic acids is 2. The molecule has 0 aliphatic carbocycles. The van der Waals surface area contributed by atoms with E-state index in [4.69, 9.17) is 5.11 Å². The zero-order valence-electron chi connectivity index (χ0n) is 23.0. The Kier molecular flexibility index (Phi) is 7.99. The molecule has 3 aromatic carbocycles. The lowest BCUT2D eigenvalue weighted by molar-refractivity contribution is -0.143. The molecule has 1 atom stereocenters. The van der Waals surface area contributed by atoms with Crippen LogP contribution in [0.5, 0.6) is 5.75 Å². The van der Waals surface area contributed by atoms with Crippen LogP contribution in [0, 0.1) is 13.8 Å². The summed E-state index contributed by atoms with van der Waals surface area (Å²) in [6.07, 6.45) is 0. The van der Waals surface area contributed by atoms with Crippen molar-refractivity contribution in [2.45, 2.75) is 33.6 Å². The van der Waals surface area contributed by atoms with Crippen LogP contribution in [0.3, 0.4) is 0 Å². The number of nitrogens with zero attached hydrogens (tertiary/aromatic N) is 4. The minimum Gasteiger partial charge on any atom is -0.505 e. The fraction of sp³-hybridized carbons (Fsp3) is 0.233. The van der Waals surface area contributed by atoms with Gasteiger partial charge in [0.2, 0.25) is 5.91 Å². The molecule has 0 saturated carbocycles. The van der Waals surface area contributed by atoms with Crippen molar-refractivity contribution in [2.24, 2.45) is 10.2 Å².